The molecule has 3 aromatic rings. The van der Waals surface area contributed by atoms with Crippen LogP contribution in [0.25, 0.3) is 11.0 Å². The lowest BCUT2D eigenvalue weighted by Crippen LogP contribution is -2.38. The van der Waals surface area contributed by atoms with E-state index in [9.17, 15) is 0 Å². The minimum absolute atomic E-state index is 0. The quantitative estimate of drug-likeness (QED) is 0.369. The number of halogens is 1. The standard InChI is InChI=1S/C19H23N5.HI/c1-23(2)19(21-14-16-8-4-3-5-9-16)20-12-13-24-15-22-17-10-6-7-11-18(17)24;/h3-11,15H,12-14H2,1-2H3,(H,20,21);1H. The molecule has 6 heteroatoms. The van der Waals surface area contributed by atoms with Crippen LogP contribution in [0.4, 0.5) is 0 Å². The monoisotopic (exact) mass is 449 g/mol. The summed E-state index contributed by atoms with van der Waals surface area (Å²) in [5, 5.41) is 3.42. The molecule has 3 rings (SSSR count). The van der Waals surface area contributed by atoms with E-state index in [0.717, 1.165) is 30.1 Å². The summed E-state index contributed by atoms with van der Waals surface area (Å²) < 4.78 is 2.16. The predicted molar refractivity (Wildman–Crippen MR) is 114 cm³/mol. The molecule has 5 nitrogen and oxygen atoms in total. The maximum Gasteiger partial charge on any atom is 0.193 e. The minimum atomic E-state index is 0. The number of para-hydroxylation sites is 2. The number of nitrogens with zero attached hydrogens (tertiary/aromatic N) is 4. The van der Waals surface area contributed by atoms with Crippen LogP contribution in [0.2, 0.25) is 0 Å². The van der Waals surface area contributed by atoms with Gasteiger partial charge in [-0.2, -0.15) is 0 Å². The highest BCUT2D eigenvalue weighted by atomic mass is 127. The van der Waals surface area contributed by atoms with Gasteiger partial charge in [0.1, 0.15) is 0 Å². The number of imidazole rings is 1. The molecule has 0 bridgehead atoms. The van der Waals surface area contributed by atoms with E-state index >= 15 is 0 Å². The molecule has 0 spiro atoms. The molecule has 0 fully saturated rings. The van der Waals surface area contributed by atoms with Crippen molar-refractivity contribution in [3.8, 4) is 0 Å². The van der Waals surface area contributed by atoms with Crippen LogP contribution in [0.1, 0.15) is 5.56 Å². The Kier molecular flexibility index (Phi) is 7.24. The fraction of sp³-hybridized carbons (Fsp3) is 0.263. The van der Waals surface area contributed by atoms with E-state index in [1.165, 1.54) is 5.56 Å². The topological polar surface area (TPSA) is 45.5 Å². The summed E-state index contributed by atoms with van der Waals surface area (Å²) in [6.07, 6.45) is 1.89. The first-order valence-electron chi connectivity index (χ1n) is 8.13. The van der Waals surface area contributed by atoms with Gasteiger partial charge in [-0.3, -0.25) is 0 Å². The van der Waals surface area contributed by atoms with Gasteiger partial charge in [0.2, 0.25) is 0 Å². The highest BCUT2D eigenvalue weighted by molar-refractivity contribution is 14.0. The van der Waals surface area contributed by atoms with Gasteiger partial charge in [0.05, 0.1) is 23.9 Å². The zero-order valence-corrected chi connectivity index (χ0v) is 16.9. The van der Waals surface area contributed by atoms with Crippen LogP contribution in [0, 0.1) is 0 Å². The third kappa shape index (κ3) is 5.19. The van der Waals surface area contributed by atoms with Crippen molar-refractivity contribution >= 4 is 41.0 Å². The molecule has 1 aromatic heterocycles. The molecule has 0 saturated heterocycles. The Morgan fingerprint density at radius 3 is 2.56 bits per heavy atom. The van der Waals surface area contributed by atoms with E-state index in [2.05, 4.69) is 38.1 Å². The van der Waals surface area contributed by atoms with Crippen LogP contribution in [0.3, 0.4) is 0 Å². The zero-order valence-electron chi connectivity index (χ0n) is 14.6. The number of nitrogens with one attached hydrogen (secondary N) is 1. The van der Waals surface area contributed by atoms with Gasteiger partial charge in [-0.1, -0.05) is 42.5 Å². The number of hydrogen-bond donors (Lipinski definition) is 1. The third-order valence-electron chi connectivity index (χ3n) is 3.84. The van der Waals surface area contributed by atoms with Crippen molar-refractivity contribution in [2.75, 3.05) is 20.6 Å². The van der Waals surface area contributed by atoms with Crippen molar-refractivity contribution in [2.24, 2.45) is 4.99 Å². The molecule has 0 unspecified atom stereocenters. The molecule has 132 valence electrons. The molecule has 0 radical (unpaired) electrons. The Bertz CT molecular complexity index is 811. The second kappa shape index (κ2) is 9.41. The lowest BCUT2D eigenvalue weighted by Gasteiger charge is -2.18. The zero-order chi connectivity index (χ0) is 16.8. The van der Waals surface area contributed by atoms with E-state index in [4.69, 9.17) is 0 Å². The van der Waals surface area contributed by atoms with E-state index < -0.39 is 0 Å². The summed E-state index contributed by atoms with van der Waals surface area (Å²) in [7, 11) is 4.01. The number of hydrogen-bond acceptors (Lipinski definition) is 2. The molecule has 1 N–H and O–H groups in total. The molecule has 25 heavy (non-hydrogen) atoms. The van der Waals surface area contributed by atoms with Gasteiger partial charge in [-0.25, -0.2) is 9.98 Å². The molecule has 0 atom stereocenters. The Hall–Kier alpha value is -2.09. The number of rotatable bonds is 5. The molecule has 1 heterocycles. The highest BCUT2D eigenvalue weighted by Gasteiger charge is 2.04. The summed E-state index contributed by atoms with van der Waals surface area (Å²) in [6, 6.07) is 18.5. The maximum absolute atomic E-state index is 4.68. The van der Waals surface area contributed by atoms with Crippen LogP contribution in [-0.2, 0) is 13.1 Å². The van der Waals surface area contributed by atoms with E-state index in [0.29, 0.717) is 6.54 Å². The largest absolute Gasteiger partial charge is 0.354 e. The average Bonchev–Trinajstić information content (AvgIpc) is 3.02. The van der Waals surface area contributed by atoms with Crippen molar-refractivity contribution in [2.45, 2.75) is 13.1 Å². The first-order chi connectivity index (χ1) is 11.7. The minimum Gasteiger partial charge on any atom is -0.354 e. The van der Waals surface area contributed by atoms with Crippen LogP contribution in [0.5, 0.6) is 0 Å². The van der Waals surface area contributed by atoms with Gasteiger partial charge < -0.3 is 14.8 Å². The Labute approximate surface area is 165 Å². The molecular formula is C19H24IN5. The van der Waals surface area contributed by atoms with Crippen molar-refractivity contribution in [1.29, 1.82) is 0 Å². The Morgan fingerprint density at radius 2 is 1.80 bits per heavy atom. The first kappa shape index (κ1) is 19.2. The second-order valence-electron chi connectivity index (χ2n) is 5.87. The summed E-state index contributed by atoms with van der Waals surface area (Å²) in [5.41, 5.74) is 3.40. The molecule has 2 aromatic carbocycles. The molecule has 0 aliphatic heterocycles. The molecule has 0 aliphatic carbocycles. The SMILES string of the molecule is CN(C)C(=NCc1ccccc1)NCCn1cnc2ccccc21.I. The smallest absolute Gasteiger partial charge is 0.193 e. The van der Waals surface area contributed by atoms with Crippen molar-refractivity contribution in [3.63, 3.8) is 0 Å². The first-order valence-corrected chi connectivity index (χ1v) is 8.13. The maximum atomic E-state index is 4.68. The second-order valence-corrected chi connectivity index (χ2v) is 5.87. The van der Waals surface area contributed by atoms with Gasteiger partial charge in [-0.05, 0) is 17.7 Å². The van der Waals surface area contributed by atoms with Gasteiger partial charge in [0, 0.05) is 27.2 Å². The van der Waals surface area contributed by atoms with Crippen LogP contribution in [0.15, 0.2) is 65.9 Å². The Balaban J connectivity index is 0.00000225. The number of fused-ring (bicyclic) bond motifs is 1. The number of aromatic nitrogens is 2. The van der Waals surface area contributed by atoms with Crippen molar-refractivity contribution < 1.29 is 0 Å². The van der Waals surface area contributed by atoms with Gasteiger partial charge in [0.25, 0.3) is 0 Å². The fourth-order valence-corrected chi connectivity index (χ4v) is 2.58. The van der Waals surface area contributed by atoms with Crippen LogP contribution in [-0.4, -0.2) is 41.1 Å². The lowest BCUT2D eigenvalue weighted by molar-refractivity contribution is 0.566. The normalized spacial score (nSPS) is 11.2. The molecule has 0 saturated carbocycles. The number of guanidine groups is 1. The predicted octanol–water partition coefficient (Wildman–Crippen LogP) is 3.36. The van der Waals surface area contributed by atoms with Crippen molar-refractivity contribution in [3.05, 3.63) is 66.5 Å². The van der Waals surface area contributed by atoms with Gasteiger partial charge >= 0.3 is 0 Å². The highest BCUT2D eigenvalue weighted by Crippen LogP contribution is 2.11. The van der Waals surface area contributed by atoms with E-state index in [1.54, 1.807) is 0 Å². The number of benzene rings is 2. The summed E-state index contributed by atoms with van der Waals surface area (Å²) in [5.74, 6) is 0.892. The van der Waals surface area contributed by atoms with E-state index in [-0.39, 0.29) is 24.0 Å². The van der Waals surface area contributed by atoms with E-state index in [1.807, 2.05) is 61.7 Å². The van der Waals surface area contributed by atoms with Crippen LogP contribution < -0.4 is 5.32 Å². The van der Waals surface area contributed by atoms with Crippen LogP contribution >= 0.6 is 24.0 Å². The van der Waals surface area contributed by atoms with Gasteiger partial charge in [0.15, 0.2) is 5.96 Å². The molecule has 0 amide bonds. The van der Waals surface area contributed by atoms with Gasteiger partial charge in [-0.15, -0.1) is 24.0 Å². The molecule has 0 aliphatic rings. The molecular weight excluding hydrogens is 425 g/mol. The third-order valence-corrected chi connectivity index (χ3v) is 3.84. The average molecular weight is 449 g/mol. The number of aliphatic imine (C=N–C) groups is 1. The lowest BCUT2D eigenvalue weighted by atomic mass is 10.2. The fourth-order valence-electron chi connectivity index (χ4n) is 2.58. The van der Waals surface area contributed by atoms with Crippen molar-refractivity contribution in [1.82, 2.24) is 19.8 Å². The summed E-state index contributed by atoms with van der Waals surface area (Å²) >= 11 is 0. The Morgan fingerprint density at radius 1 is 1.08 bits per heavy atom. The summed E-state index contributed by atoms with van der Waals surface area (Å²) in [6.45, 7) is 2.32. The summed E-state index contributed by atoms with van der Waals surface area (Å²) in [4.78, 5) is 11.1.